The van der Waals surface area contributed by atoms with Gasteiger partial charge in [-0.15, -0.1) is 0 Å². The summed E-state index contributed by atoms with van der Waals surface area (Å²) < 4.78 is 2.93. The van der Waals surface area contributed by atoms with Crippen LogP contribution in [-0.2, 0) is 4.55 Å². The van der Waals surface area contributed by atoms with Gasteiger partial charge in [0.1, 0.15) is 0 Å². The molecule has 0 fully saturated rings. The van der Waals surface area contributed by atoms with Gasteiger partial charge in [-0.05, 0) is 13.0 Å². The Morgan fingerprint density at radius 3 is 2.92 bits per heavy atom. The molecule has 62 valence electrons. The second-order valence-electron chi connectivity index (χ2n) is 2.72. The largest absolute Gasteiger partial charge is 0.255 e. The average Bonchev–Trinajstić information content (AvgIpc) is 2.44. The number of alkyl halides is 1. The maximum Gasteiger partial charge on any atom is 0.0931 e. The molecule has 0 atom stereocenters. The molecule has 1 aromatic carbocycles. The molecule has 0 unspecified atom stereocenters. The quantitative estimate of drug-likeness (QED) is 0.576. The average molecular weight is 272 g/mol. The van der Waals surface area contributed by atoms with Gasteiger partial charge in [0.05, 0.1) is 15.8 Å². The van der Waals surface area contributed by atoms with Crippen LogP contribution in [0.1, 0.15) is 5.69 Å². The normalized spacial score (nSPS) is 10.8. The van der Waals surface area contributed by atoms with E-state index in [2.05, 4.69) is 45.9 Å². The highest BCUT2D eigenvalue weighted by molar-refractivity contribution is 14.1. The van der Waals surface area contributed by atoms with Crippen LogP contribution in [0.5, 0.6) is 0 Å². The summed E-state index contributed by atoms with van der Waals surface area (Å²) in [6.45, 7) is 2.05. The van der Waals surface area contributed by atoms with Crippen LogP contribution in [0, 0.1) is 6.92 Å². The molecule has 0 amide bonds. The molecule has 3 heteroatoms. The van der Waals surface area contributed by atoms with Crippen LogP contribution in [0.15, 0.2) is 24.3 Å². The van der Waals surface area contributed by atoms with E-state index < -0.39 is 0 Å². The predicted octanol–water partition coefficient (Wildman–Crippen LogP) is 2.74. The molecule has 0 aliphatic heterocycles. The van der Waals surface area contributed by atoms with Crippen LogP contribution >= 0.6 is 22.6 Å². The van der Waals surface area contributed by atoms with Crippen molar-refractivity contribution in [2.45, 2.75) is 11.5 Å². The second kappa shape index (κ2) is 3.05. The van der Waals surface area contributed by atoms with Crippen molar-refractivity contribution in [2.24, 2.45) is 0 Å². The molecule has 2 nitrogen and oxygen atoms in total. The van der Waals surface area contributed by atoms with Crippen molar-refractivity contribution in [3.8, 4) is 0 Å². The molecule has 12 heavy (non-hydrogen) atoms. The van der Waals surface area contributed by atoms with E-state index in [1.807, 2.05) is 17.7 Å². The first kappa shape index (κ1) is 8.04. The fourth-order valence-electron chi connectivity index (χ4n) is 1.38. The summed E-state index contributed by atoms with van der Waals surface area (Å²) in [6, 6.07) is 8.31. The van der Waals surface area contributed by atoms with Crippen molar-refractivity contribution in [2.75, 3.05) is 0 Å². The van der Waals surface area contributed by atoms with Crippen molar-refractivity contribution < 1.29 is 0 Å². The Balaban J connectivity index is 2.82. The van der Waals surface area contributed by atoms with Crippen molar-refractivity contribution in [1.82, 2.24) is 9.78 Å². The molecule has 0 N–H and O–H groups in total. The van der Waals surface area contributed by atoms with E-state index in [0.29, 0.717) is 0 Å². The number of rotatable bonds is 1. The molecular formula is C9H9IN2. The fourth-order valence-corrected chi connectivity index (χ4v) is 1.90. The van der Waals surface area contributed by atoms with E-state index in [9.17, 15) is 0 Å². The lowest BCUT2D eigenvalue weighted by atomic mass is 10.2. The van der Waals surface area contributed by atoms with Crippen molar-refractivity contribution >= 4 is 33.5 Å². The van der Waals surface area contributed by atoms with Gasteiger partial charge in [-0.1, -0.05) is 40.8 Å². The molecule has 0 aliphatic rings. The summed E-state index contributed by atoms with van der Waals surface area (Å²) in [7, 11) is 0. The first-order valence-electron chi connectivity index (χ1n) is 3.81. The molecule has 1 heterocycles. The molecule has 0 saturated heterocycles. The highest BCUT2D eigenvalue weighted by atomic mass is 127. The van der Waals surface area contributed by atoms with Gasteiger partial charge in [-0.3, -0.25) is 4.68 Å². The minimum absolute atomic E-state index is 0.909. The Hall–Kier alpha value is -0.580. The maximum atomic E-state index is 4.42. The fraction of sp³-hybridized carbons (Fsp3) is 0.222. The molecule has 0 saturated carbocycles. The van der Waals surface area contributed by atoms with Gasteiger partial charge in [-0.2, -0.15) is 5.10 Å². The SMILES string of the molecule is Cc1nn(CI)c2ccccc12. The van der Waals surface area contributed by atoms with Crippen molar-refractivity contribution in [3.63, 3.8) is 0 Å². The van der Waals surface area contributed by atoms with Crippen molar-refractivity contribution in [1.29, 1.82) is 0 Å². The zero-order valence-electron chi connectivity index (χ0n) is 6.79. The van der Waals surface area contributed by atoms with Crippen LogP contribution in [0.25, 0.3) is 10.9 Å². The third-order valence-electron chi connectivity index (χ3n) is 1.96. The lowest BCUT2D eigenvalue weighted by Gasteiger charge is -1.94. The maximum absolute atomic E-state index is 4.42. The Kier molecular flexibility index (Phi) is 2.04. The van der Waals surface area contributed by atoms with E-state index in [1.165, 1.54) is 10.9 Å². The number of aromatic nitrogens is 2. The monoisotopic (exact) mass is 272 g/mol. The summed E-state index contributed by atoms with van der Waals surface area (Å²) in [4.78, 5) is 0. The molecule has 2 aromatic rings. The third kappa shape index (κ3) is 1.12. The Morgan fingerprint density at radius 2 is 2.17 bits per heavy atom. The van der Waals surface area contributed by atoms with E-state index in [0.717, 1.165) is 10.2 Å². The summed E-state index contributed by atoms with van der Waals surface area (Å²) in [5.41, 5.74) is 2.34. The van der Waals surface area contributed by atoms with E-state index >= 15 is 0 Å². The number of hydrogen-bond acceptors (Lipinski definition) is 1. The van der Waals surface area contributed by atoms with E-state index in [4.69, 9.17) is 0 Å². The zero-order chi connectivity index (χ0) is 8.55. The van der Waals surface area contributed by atoms with E-state index in [-0.39, 0.29) is 0 Å². The Labute approximate surface area is 84.7 Å². The molecule has 1 aromatic heterocycles. The summed E-state index contributed by atoms with van der Waals surface area (Å²) in [6.07, 6.45) is 0. The van der Waals surface area contributed by atoms with E-state index in [1.54, 1.807) is 0 Å². The van der Waals surface area contributed by atoms with Crippen LogP contribution in [0.2, 0.25) is 0 Å². The standard InChI is InChI=1S/C9H9IN2/c1-7-8-4-2-3-5-9(8)12(6-10)11-7/h2-5H,6H2,1H3. The number of hydrogen-bond donors (Lipinski definition) is 0. The van der Waals surface area contributed by atoms with Gasteiger partial charge in [0.25, 0.3) is 0 Å². The molecule has 2 rings (SSSR count). The molecule has 0 spiro atoms. The molecule has 0 bridgehead atoms. The highest BCUT2D eigenvalue weighted by Gasteiger charge is 2.03. The minimum atomic E-state index is 0.909. The third-order valence-corrected chi connectivity index (χ3v) is 2.60. The second-order valence-corrected chi connectivity index (χ2v) is 3.40. The van der Waals surface area contributed by atoms with Crippen LogP contribution in [-0.4, -0.2) is 9.78 Å². The molecular weight excluding hydrogens is 263 g/mol. The summed E-state index contributed by atoms with van der Waals surface area (Å²) >= 11 is 2.32. The number of aryl methyl sites for hydroxylation is 1. The first-order valence-corrected chi connectivity index (χ1v) is 5.33. The lowest BCUT2D eigenvalue weighted by molar-refractivity contribution is 0.783. The van der Waals surface area contributed by atoms with Crippen LogP contribution in [0.4, 0.5) is 0 Å². The molecule has 0 aliphatic carbocycles. The summed E-state index contributed by atoms with van der Waals surface area (Å²) in [5.74, 6) is 0. The van der Waals surface area contributed by atoms with Gasteiger partial charge in [-0.25, -0.2) is 0 Å². The Bertz CT molecular complexity index is 406. The van der Waals surface area contributed by atoms with Crippen molar-refractivity contribution in [3.05, 3.63) is 30.0 Å². The number of halogens is 1. The smallest absolute Gasteiger partial charge is 0.0931 e. The number of nitrogens with zero attached hydrogens (tertiary/aromatic N) is 2. The van der Waals surface area contributed by atoms with Gasteiger partial charge < -0.3 is 0 Å². The van der Waals surface area contributed by atoms with Gasteiger partial charge in [0, 0.05) is 5.39 Å². The minimum Gasteiger partial charge on any atom is -0.255 e. The number of benzene rings is 1. The topological polar surface area (TPSA) is 17.8 Å². The first-order chi connectivity index (χ1) is 5.83. The number of fused-ring (bicyclic) bond motifs is 1. The highest BCUT2D eigenvalue weighted by Crippen LogP contribution is 2.17. The van der Waals surface area contributed by atoms with Crippen LogP contribution in [0.3, 0.4) is 0 Å². The number of para-hydroxylation sites is 1. The van der Waals surface area contributed by atoms with Gasteiger partial charge >= 0.3 is 0 Å². The zero-order valence-corrected chi connectivity index (χ0v) is 8.95. The van der Waals surface area contributed by atoms with Gasteiger partial charge in [0.15, 0.2) is 0 Å². The van der Waals surface area contributed by atoms with Gasteiger partial charge in [0.2, 0.25) is 0 Å². The molecule has 0 radical (unpaired) electrons. The predicted molar refractivity (Wildman–Crippen MR) is 58.5 cm³/mol. The Morgan fingerprint density at radius 1 is 1.42 bits per heavy atom. The van der Waals surface area contributed by atoms with Crippen LogP contribution < -0.4 is 0 Å². The summed E-state index contributed by atoms with van der Waals surface area (Å²) in [5, 5.41) is 5.68. The lowest BCUT2D eigenvalue weighted by Crippen LogP contribution is -1.92.